The first-order chi connectivity index (χ1) is 8.63. The van der Waals surface area contributed by atoms with Crippen LogP contribution in [0.1, 0.15) is 28.8 Å². The monoisotopic (exact) mass is 245 g/mol. The predicted octanol–water partition coefficient (Wildman–Crippen LogP) is 0.570. The smallest absolute Gasteiger partial charge is 0.271 e. The molecule has 94 valence electrons. The van der Waals surface area contributed by atoms with Crippen LogP contribution in [0.3, 0.4) is 0 Å². The minimum Gasteiger partial charge on any atom is -0.395 e. The molecule has 0 fully saturated rings. The highest BCUT2D eigenvalue weighted by molar-refractivity contribution is 5.96. The van der Waals surface area contributed by atoms with E-state index in [0.717, 1.165) is 11.4 Å². The summed E-state index contributed by atoms with van der Waals surface area (Å²) < 4.78 is 1.68. The zero-order valence-electron chi connectivity index (χ0n) is 10.1. The summed E-state index contributed by atoms with van der Waals surface area (Å²) in [7, 11) is 0. The first kappa shape index (κ1) is 12.1. The van der Waals surface area contributed by atoms with Gasteiger partial charge in [0.05, 0.1) is 23.6 Å². The van der Waals surface area contributed by atoms with Gasteiger partial charge >= 0.3 is 0 Å². The number of primary amides is 1. The Morgan fingerprint density at radius 3 is 2.78 bits per heavy atom. The maximum Gasteiger partial charge on any atom is 0.271 e. The number of aromatic nitrogens is 3. The molecule has 6 nitrogen and oxygen atoms in total. The molecule has 0 aliphatic carbocycles. The van der Waals surface area contributed by atoms with Gasteiger partial charge in [-0.15, -0.1) is 0 Å². The van der Waals surface area contributed by atoms with Gasteiger partial charge in [0.15, 0.2) is 5.69 Å². The standard InChI is InChI=1S/C12H15N5O/c1-2-9-10(13)11(12(14)18)16-17(9)7-8-5-3-4-6-15-8/h3-6H,2,7,13H2,1H3,(H2,14,18). The van der Waals surface area contributed by atoms with Crippen LogP contribution in [-0.4, -0.2) is 20.7 Å². The molecule has 2 rings (SSSR count). The molecule has 0 radical (unpaired) electrons. The topological polar surface area (TPSA) is 99.8 Å². The molecule has 0 aliphatic heterocycles. The summed E-state index contributed by atoms with van der Waals surface area (Å²) in [5.41, 5.74) is 13.2. The van der Waals surface area contributed by atoms with Gasteiger partial charge in [-0.3, -0.25) is 14.5 Å². The second-order valence-electron chi connectivity index (χ2n) is 3.91. The van der Waals surface area contributed by atoms with E-state index in [2.05, 4.69) is 10.1 Å². The van der Waals surface area contributed by atoms with E-state index in [4.69, 9.17) is 11.5 Å². The van der Waals surface area contributed by atoms with Gasteiger partial charge in [0.2, 0.25) is 0 Å². The van der Waals surface area contributed by atoms with E-state index < -0.39 is 5.91 Å². The summed E-state index contributed by atoms with van der Waals surface area (Å²) >= 11 is 0. The number of rotatable bonds is 4. The van der Waals surface area contributed by atoms with Gasteiger partial charge < -0.3 is 11.5 Å². The van der Waals surface area contributed by atoms with E-state index in [0.29, 0.717) is 18.7 Å². The summed E-state index contributed by atoms with van der Waals surface area (Å²) in [6, 6.07) is 5.63. The first-order valence-corrected chi connectivity index (χ1v) is 5.68. The van der Waals surface area contributed by atoms with Crippen LogP contribution in [0.2, 0.25) is 0 Å². The molecule has 0 aromatic carbocycles. The van der Waals surface area contributed by atoms with Crippen molar-refractivity contribution in [2.75, 3.05) is 5.73 Å². The summed E-state index contributed by atoms with van der Waals surface area (Å²) in [6.07, 6.45) is 2.39. The Morgan fingerprint density at radius 1 is 1.44 bits per heavy atom. The number of nitrogens with two attached hydrogens (primary N) is 2. The van der Waals surface area contributed by atoms with Crippen molar-refractivity contribution in [1.29, 1.82) is 0 Å². The fraction of sp³-hybridized carbons (Fsp3) is 0.250. The number of carbonyl (C=O) groups is 1. The largest absolute Gasteiger partial charge is 0.395 e. The Morgan fingerprint density at radius 2 is 2.22 bits per heavy atom. The molecular formula is C12H15N5O. The molecule has 2 heterocycles. The summed E-state index contributed by atoms with van der Waals surface area (Å²) in [6.45, 7) is 2.43. The maximum absolute atomic E-state index is 11.2. The zero-order valence-corrected chi connectivity index (χ0v) is 10.1. The van der Waals surface area contributed by atoms with Crippen molar-refractivity contribution in [1.82, 2.24) is 14.8 Å². The Hall–Kier alpha value is -2.37. The van der Waals surface area contributed by atoms with Crippen LogP contribution in [0.4, 0.5) is 5.69 Å². The Labute approximate surface area is 105 Å². The van der Waals surface area contributed by atoms with Gasteiger partial charge in [-0.2, -0.15) is 5.10 Å². The van der Waals surface area contributed by atoms with Crippen molar-refractivity contribution in [2.24, 2.45) is 5.73 Å². The summed E-state index contributed by atoms with van der Waals surface area (Å²) in [5, 5.41) is 4.15. The maximum atomic E-state index is 11.2. The Kier molecular flexibility index (Phi) is 3.27. The van der Waals surface area contributed by atoms with E-state index >= 15 is 0 Å². The minimum absolute atomic E-state index is 0.128. The molecule has 4 N–H and O–H groups in total. The molecular weight excluding hydrogens is 230 g/mol. The van der Waals surface area contributed by atoms with E-state index in [1.165, 1.54) is 0 Å². The van der Waals surface area contributed by atoms with E-state index in [-0.39, 0.29) is 5.69 Å². The number of nitrogens with zero attached hydrogens (tertiary/aromatic N) is 3. The van der Waals surface area contributed by atoms with Crippen molar-refractivity contribution in [3.05, 3.63) is 41.5 Å². The predicted molar refractivity (Wildman–Crippen MR) is 67.9 cm³/mol. The highest BCUT2D eigenvalue weighted by atomic mass is 16.1. The van der Waals surface area contributed by atoms with Gasteiger partial charge in [0.25, 0.3) is 5.91 Å². The van der Waals surface area contributed by atoms with Gasteiger partial charge in [-0.05, 0) is 18.6 Å². The van der Waals surface area contributed by atoms with E-state index in [9.17, 15) is 4.79 Å². The number of pyridine rings is 1. The highest BCUT2D eigenvalue weighted by Crippen LogP contribution is 2.18. The lowest BCUT2D eigenvalue weighted by Crippen LogP contribution is -2.14. The molecule has 0 aliphatic rings. The Balaban J connectivity index is 2.39. The lowest BCUT2D eigenvalue weighted by atomic mass is 10.2. The fourth-order valence-corrected chi connectivity index (χ4v) is 1.84. The second-order valence-corrected chi connectivity index (χ2v) is 3.91. The minimum atomic E-state index is -0.609. The molecule has 0 bridgehead atoms. The van der Waals surface area contributed by atoms with Gasteiger partial charge in [0, 0.05) is 6.20 Å². The fourth-order valence-electron chi connectivity index (χ4n) is 1.84. The van der Waals surface area contributed by atoms with E-state index in [1.807, 2.05) is 25.1 Å². The van der Waals surface area contributed by atoms with Crippen molar-refractivity contribution < 1.29 is 4.79 Å². The molecule has 0 unspecified atom stereocenters. The molecule has 0 saturated heterocycles. The zero-order chi connectivity index (χ0) is 13.1. The normalized spacial score (nSPS) is 10.5. The van der Waals surface area contributed by atoms with Crippen LogP contribution in [-0.2, 0) is 13.0 Å². The highest BCUT2D eigenvalue weighted by Gasteiger charge is 2.17. The van der Waals surface area contributed by atoms with Gasteiger partial charge in [0.1, 0.15) is 0 Å². The van der Waals surface area contributed by atoms with Crippen LogP contribution in [0, 0.1) is 0 Å². The van der Waals surface area contributed by atoms with Crippen LogP contribution in [0.5, 0.6) is 0 Å². The molecule has 18 heavy (non-hydrogen) atoms. The van der Waals surface area contributed by atoms with Crippen LogP contribution < -0.4 is 11.5 Å². The molecule has 0 atom stereocenters. The molecule has 2 aromatic heterocycles. The third-order valence-corrected chi connectivity index (χ3v) is 2.70. The number of anilines is 1. The van der Waals surface area contributed by atoms with Crippen LogP contribution in [0.25, 0.3) is 0 Å². The van der Waals surface area contributed by atoms with Crippen LogP contribution in [0.15, 0.2) is 24.4 Å². The molecule has 2 aromatic rings. The average molecular weight is 245 g/mol. The molecule has 6 heteroatoms. The van der Waals surface area contributed by atoms with Crippen LogP contribution >= 0.6 is 0 Å². The second kappa shape index (κ2) is 4.87. The Bertz CT molecular complexity index is 561. The third kappa shape index (κ3) is 2.17. The lowest BCUT2D eigenvalue weighted by molar-refractivity contribution is 0.0995. The van der Waals surface area contributed by atoms with Crippen molar-refractivity contribution in [3.63, 3.8) is 0 Å². The van der Waals surface area contributed by atoms with Gasteiger partial charge in [-0.25, -0.2) is 0 Å². The van der Waals surface area contributed by atoms with Crippen molar-refractivity contribution in [2.45, 2.75) is 19.9 Å². The molecule has 1 amide bonds. The quantitative estimate of drug-likeness (QED) is 0.822. The van der Waals surface area contributed by atoms with Crippen molar-refractivity contribution >= 4 is 11.6 Å². The summed E-state index contributed by atoms with van der Waals surface area (Å²) in [4.78, 5) is 15.4. The third-order valence-electron chi connectivity index (χ3n) is 2.70. The number of hydrogen-bond donors (Lipinski definition) is 2. The van der Waals surface area contributed by atoms with E-state index in [1.54, 1.807) is 10.9 Å². The lowest BCUT2D eigenvalue weighted by Gasteiger charge is -2.05. The van der Waals surface area contributed by atoms with Gasteiger partial charge in [-0.1, -0.05) is 13.0 Å². The molecule has 0 spiro atoms. The first-order valence-electron chi connectivity index (χ1n) is 5.68. The average Bonchev–Trinajstić information content (AvgIpc) is 2.67. The molecule has 0 saturated carbocycles. The number of carbonyl (C=O) groups excluding carboxylic acids is 1. The SMILES string of the molecule is CCc1c(N)c(C(N)=O)nn1Cc1ccccn1. The number of nitrogen functional groups attached to an aromatic ring is 1. The summed E-state index contributed by atoms with van der Waals surface area (Å²) in [5.74, 6) is -0.609. The number of amides is 1. The van der Waals surface area contributed by atoms with Crippen molar-refractivity contribution in [3.8, 4) is 0 Å². The number of hydrogen-bond acceptors (Lipinski definition) is 4.